The topological polar surface area (TPSA) is 90.7 Å². The smallest absolute Gasteiger partial charge is 0.339 e. The second kappa shape index (κ2) is 9.69. The molecule has 0 unspecified atom stereocenters. The largest absolute Gasteiger partial charge is 0.492 e. The molecule has 0 atom stereocenters. The number of anilines is 1. The standard InChI is InChI=1S/C28H22N2O5/c1-2-33-23-15-5-3-13-21(23)29-25(31)17-34-28(32)20-12-8-10-18-9-7-11-19(26(18)20)27-30-22-14-4-6-16-24(22)35-27/h3-16H,2,17H2,1H3,(H,29,31). The Labute approximate surface area is 201 Å². The first kappa shape index (κ1) is 22.2. The molecule has 0 radical (unpaired) electrons. The van der Waals surface area contributed by atoms with Crippen molar-refractivity contribution in [2.45, 2.75) is 6.92 Å². The molecule has 35 heavy (non-hydrogen) atoms. The third kappa shape index (κ3) is 4.56. The molecule has 0 spiro atoms. The van der Waals surface area contributed by atoms with Crippen LogP contribution in [0.15, 0.2) is 89.3 Å². The van der Waals surface area contributed by atoms with Gasteiger partial charge in [0.2, 0.25) is 5.89 Å². The highest BCUT2D eigenvalue weighted by atomic mass is 16.5. The van der Waals surface area contributed by atoms with E-state index in [4.69, 9.17) is 13.9 Å². The van der Waals surface area contributed by atoms with E-state index in [1.54, 1.807) is 30.3 Å². The summed E-state index contributed by atoms with van der Waals surface area (Å²) in [6, 6.07) is 25.5. The summed E-state index contributed by atoms with van der Waals surface area (Å²) in [4.78, 5) is 30.1. The number of oxazole rings is 1. The number of esters is 1. The second-order valence-corrected chi connectivity index (χ2v) is 7.75. The van der Waals surface area contributed by atoms with Crippen LogP contribution in [0.25, 0.3) is 33.3 Å². The monoisotopic (exact) mass is 466 g/mol. The number of hydrogen-bond donors (Lipinski definition) is 1. The van der Waals surface area contributed by atoms with Gasteiger partial charge in [0.1, 0.15) is 11.3 Å². The average Bonchev–Trinajstić information content (AvgIpc) is 3.32. The molecule has 1 amide bonds. The van der Waals surface area contributed by atoms with Crippen molar-refractivity contribution < 1.29 is 23.5 Å². The van der Waals surface area contributed by atoms with Crippen LogP contribution in [0.1, 0.15) is 17.3 Å². The van der Waals surface area contributed by atoms with Gasteiger partial charge in [-0.2, -0.15) is 0 Å². The van der Waals surface area contributed by atoms with Gasteiger partial charge in [0.15, 0.2) is 12.2 Å². The highest BCUT2D eigenvalue weighted by Gasteiger charge is 2.19. The fourth-order valence-corrected chi connectivity index (χ4v) is 3.92. The molecule has 4 aromatic carbocycles. The third-order valence-corrected chi connectivity index (χ3v) is 5.44. The van der Waals surface area contributed by atoms with Crippen LogP contribution in [-0.4, -0.2) is 30.1 Å². The molecule has 0 aliphatic carbocycles. The Balaban J connectivity index is 1.40. The van der Waals surface area contributed by atoms with Crippen molar-refractivity contribution in [3.05, 3.63) is 90.5 Å². The van der Waals surface area contributed by atoms with Gasteiger partial charge >= 0.3 is 5.97 Å². The molecule has 7 heteroatoms. The molecule has 0 saturated carbocycles. The second-order valence-electron chi connectivity index (χ2n) is 7.75. The normalized spacial score (nSPS) is 10.9. The Bertz CT molecular complexity index is 1500. The molecule has 5 rings (SSSR count). The number of nitrogens with one attached hydrogen (secondary N) is 1. The maximum Gasteiger partial charge on any atom is 0.339 e. The van der Waals surface area contributed by atoms with Crippen molar-refractivity contribution in [2.75, 3.05) is 18.5 Å². The van der Waals surface area contributed by atoms with Gasteiger partial charge in [-0.05, 0) is 48.7 Å². The molecule has 174 valence electrons. The van der Waals surface area contributed by atoms with Crippen molar-refractivity contribution in [1.82, 2.24) is 4.98 Å². The van der Waals surface area contributed by atoms with Gasteiger partial charge in [0.25, 0.3) is 5.91 Å². The van der Waals surface area contributed by atoms with E-state index in [0.717, 1.165) is 10.9 Å². The minimum absolute atomic E-state index is 0.322. The zero-order valence-corrected chi connectivity index (χ0v) is 19.0. The van der Waals surface area contributed by atoms with Crippen LogP contribution in [0.3, 0.4) is 0 Å². The van der Waals surface area contributed by atoms with Crippen LogP contribution in [0, 0.1) is 0 Å². The number of hydrogen-bond acceptors (Lipinski definition) is 6. The predicted molar refractivity (Wildman–Crippen MR) is 133 cm³/mol. The first-order valence-corrected chi connectivity index (χ1v) is 11.2. The predicted octanol–water partition coefficient (Wildman–Crippen LogP) is 5.84. The van der Waals surface area contributed by atoms with E-state index in [9.17, 15) is 9.59 Å². The lowest BCUT2D eigenvalue weighted by Crippen LogP contribution is -2.21. The zero-order chi connectivity index (χ0) is 24.2. The Morgan fingerprint density at radius 2 is 1.69 bits per heavy atom. The molecular formula is C28H22N2O5. The minimum Gasteiger partial charge on any atom is -0.492 e. The van der Waals surface area contributed by atoms with E-state index in [1.807, 2.05) is 61.5 Å². The lowest BCUT2D eigenvalue weighted by molar-refractivity contribution is -0.119. The first-order valence-electron chi connectivity index (χ1n) is 11.2. The third-order valence-electron chi connectivity index (χ3n) is 5.44. The van der Waals surface area contributed by atoms with E-state index in [0.29, 0.717) is 46.0 Å². The Morgan fingerprint density at radius 1 is 0.914 bits per heavy atom. The van der Waals surface area contributed by atoms with Crippen LogP contribution >= 0.6 is 0 Å². The van der Waals surface area contributed by atoms with Gasteiger partial charge in [0, 0.05) is 10.9 Å². The first-order chi connectivity index (χ1) is 17.1. The number of nitrogens with zero attached hydrogens (tertiary/aromatic N) is 1. The maximum atomic E-state index is 13.1. The highest BCUT2D eigenvalue weighted by Crippen LogP contribution is 2.33. The number of carbonyl (C=O) groups excluding carboxylic acids is 2. The summed E-state index contributed by atoms with van der Waals surface area (Å²) in [5.41, 5.74) is 2.88. The van der Waals surface area contributed by atoms with Crippen molar-refractivity contribution in [3.8, 4) is 17.2 Å². The van der Waals surface area contributed by atoms with Crippen LogP contribution in [0.5, 0.6) is 5.75 Å². The lowest BCUT2D eigenvalue weighted by Gasteiger charge is -2.12. The molecule has 1 heterocycles. The molecule has 0 fully saturated rings. The fourth-order valence-electron chi connectivity index (χ4n) is 3.92. The Kier molecular flexibility index (Phi) is 6.13. The summed E-state index contributed by atoms with van der Waals surface area (Å²) >= 11 is 0. The van der Waals surface area contributed by atoms with Gasteiger partial charge in [0.05, 0.1) is 17.9 Å². The van der Waals surface area contributed by atoms with Crippen molar-refractivity contribution in [1.29, 1.82) is 0 Å². The van der Waals surface area contributed by atoms with Gasteiger partial charge in [-0.25, -0.2) is 9.78 Å². The number of benzene rings is 4. The van der Waals surface area contributed by atoms with Gasteiger partial charge in [-0.3, -0.25) is 4.79 Å². The van der Waals surface area contributed by atoms with Crippen molar-refractivity contribution in [2.24, 2.45) is 0 Å². The van der Waals surface area contributed by atoms with E-state index in [-0.39, 0.29) is 0 Å². The summed E-state index contributed by atoms with van der Waals surface area (Å²) in [5, 5.41) is 4.20. The number of aromatic nitrogens is 1. The number of fused-ring (bicyclic) bond motifs is 2. The Hall–Kier alpha value is -4.65. The molecule has 1 N–H and O–H groups in total. The summed E-state index contributed by atoms with van der Waals surface area (Å²) in [6.45, 7) is 1.88. The number of carbonyl (C=O) groups is 2. The van der Waals surface area contributed by atoms with Crippen molar-refractivity contribution >= 4 is 39.4 Å². The van der Waals surface area contributed by atoms with Crippen LogP contribution in [0.4, 0.5) is 5.69 Å². The molecule has 0 aliphatic heterocycles. The minimum atomic E-state index is -0.618. The molecule has 0 aliphatic rings. The van der Waals surface area contributed by atoms with Crippen molar-refractivity contribution in [3.63, 3.8) is 0 Å². The average molecular weight is 466 g/mol. The number of amides is 1. The SMILES string of the molecule is CCOc1ccccc1NC(=O)COC(=O)c1cccc2cccc(-c3nc4ccccc4o3)c12. The number of para-hydroxylation sites is 4. The molecule has 0 saturated heterocycles. The molecule has 1 aromatic heterocycles. The maximum absolute atomic E-state index is 13.1. The number of ether oxygens (including phenoxy) is 2. The number of rotatable bonds is 7. The van der Waals surface area contributed by atoms with Crippen LogP contribution in [-0.2, 0) is 9.53 Å². The zero-order valence-electron chi connectivity index (χ0n) is 19.0. The molecule has 0 bridgehead atoms. The molecule has 7 nitrogen and oxygen atoms in total. The molecule has 5 aromatic rings. The van der Waals surface area contributed by atoms with Crippen LogP contribution < -0.4 is 10.1 Å². The van der Waals surface area contributed by atoms with Gasteiger partial charge in [-0.1, -0.05) is 48.5 Å². The summed E-state index contributed by atoms with van der Waals surface area (Å²) in [7, 11) is 0. The van der Waals surface area contributed by atoms with Crippen LogP contribution in [0.2, 0.25) is 0 Å². The molecular weight excluding hydrogens is 444 g/mol. The summed E-state index contributed by atoms with van der Waals surface area (Å²) in [5.74, 6) is -0.133. The van der Waals surface area contributed by atoms with E-state index >= 15 is 0 Å². The fraction of sp³-hybridized carbons (Fsp3) is 0.107. The summed E-state index contributed by atoms with van der Waals surface area (Å²) < 4.78 is 16.9. The van der Waals surface area contributed by atoms with Gasteiger partial charge < -0.3 is 19.2 Å². The quantitative estimate of drug-likeness (QED) is 0.303. The van der Waals surface area contributed by atoms with E-state index in [1.165, 1.54) is 0 Å². The summed E-state index contributed by atoms with van der Waals surface area (Å²) in [6.07, 6.45) is 0. The van der Waals surface area contributed by atoms with Gasteiger partial charge in [-0.15, -0.1) is 0 Å². The van der Waals surface area contributed by atoms with E-state index < -0.39 is 18.5 Å². The lowest BCUT2D eigenvalue weighted by atomic mass is 9.99. The van der Waals surface area contributed by atoms with E-state index in [2.05, 4.69) is 10.3 Å². The highest BCUT2D eigenvalue weighted by molar-refractivity contribution is 6.10. The Morgan fingerprint density at radius 3 is 2.51 bits per heavy atom.